The molecule has 1 aliphatic rings. The molecule has 1 aromatic rings. The summed E-state index contributed by atoms with van der Waals surface area (Å²) >= 11 is 4.74. The quantitative estimate of drug-likeness (QED) is 0.870. The molecule has 1 aromatic heterocycles. The molecule has 0 aliphatic heterocycles. The lowest BCUT2D eigenvalue weighted by Crippen LogP contribution is -2.19. The van der Waals surface area contributed by atoms with Crippen molar-refractivity contribution in [3.8, 4) is 0 Å². The minimum atomic E-state index is -0.204. The zero-order valence-electron chi connectivity index (χ0n) is 9.78. The second-order valence-electron chi connectivity index (χ2n) is 4.39. The van der Waals surface area contributed by atoms with Crippen molar-refractivity contribution >= 4 is 38.3 Å². The fourth-order valence-electron chi connectivity index (χ4n) is 2.00. The molecule has 1 aliphatic carbocycles. The van der Waals surface area contributed by atoms with Crippen LogP contribution in [-0.2, 0) is 4.79 Å². The van der Waals surface area contributed by atoms with Crippen molar-refractivity contribution in [3.63, 3.8) is 0 Å². The number of carbonyl (C=O) groups excluding carboxylic acids is 1. The second kappa shape index (κ2) is 5.91. The van der Waals surface area contributed by atoms with Gasteiger partial charge in [-0.05, 0) is 19.8 Å². The Morgan fingerprint density at radius 2 is 2.12 bits per heavy atom. The third-order valence-electron chi connectivity index (χ3n) is 2.99. The Morgan fingerprint density at radius 3 is 2.76 bits per heavy atom. The molecule has 17 heavy (non-hydrogen) atoms. The van der Waals surface area contributed by atoms with E-state index >= 15 is 0 Å². The monoisotopic (exact) mass is 317 g/mol. The largest absolute Gasteiger partial charge is 0.300 e. The van der Waals surface area contributed by atoms with Crippen LogP contribution < -0.4 is 5.32 Å². The predicted octanol–water partition coefficient (Wildman–Crippen LogP) is 3.31. The van der Waals surface area contributed by atoms with E-state index in [2.05, 4.69) is 31.4 Å². The first-order valence-electron chi connectivity index (χ1n) is 5.95. The van der Waals surface area contributed by atoms with Crippen molar-refractivity contribution < 1.29 is 4.79 Å². The highest BCUT2D eigenvalue weighted by Gasteiger charge is 2.20. The van der Waals surface area contributed by atoms with Crippen LogP contribution >= 0.6 is 27.3 Å². The minimum absolute atomic E-state index is 0.0728. The van der Waals surface area contributed by atoms with E-state index < -0.39 is 0 Å². The summed E-state index contributed by atoms with van der Waals surface area (Å²) in [6.45, 7) is 1.79. The maximum absolute atomic E-state index is 11.5. The first-order chi connectivity index (χ1) is 8.16. The maximum atomic E-state index is 11.5. The van der Waals surface area contributed by atoms with Gasteiger partial charge in [0.05, 0.1) is 4.83 Å². The second-order valence-corrected chi connectivity index (χ2v) is 6.77. The Labute approximate surface area is 113 Å². The molecule has 2 rings (SSSR count). The van der Waals surface area contributed by atoms with E-state index in [0.717, 1.165) is 5.01 Å². The van der Waals surface area contributed by atoms with Gasteiger partial charge in [-0.15, -0.1) is 10.2 Å². The van der Waals surface area contributed by atoms with Gasteiger partial charge in [0.25, 0.3) is 0 Å². The van der Waals surface area contributed by atoms with Crippen LogP contribution in [0.5, 0.6) is 0 Å². The van der Waals surface area contributed by atoms with Gasteiger partial charge in [-0.2, -0.15) is 0 Å². The summed E-state index contributed by atoms with van der Waals surface area (Å²) in [5.41, 5.74) is 0. The summed E-state index contributed by atoms with van der Waals surface area (Å²) in [6, 6.07) is 0. The lowest BCUT2D eigenvalue weighted by atomic mass is 9.90. The van der Waals surface area contributed by atoms with Gasteiger partial charge >= 0.3 is 0 Å². The maximum Gasteiger partial charge on any atom is 0.239 e. The zero-order chi connectivity index (χ0) is 12.3. The van der Waals surface area contributed by atoms with Crippen molar-refractivity contribution in [2.24, 2.45) is 0 Å². The molecular weight excluding hydrogens is 302 g/mol. The van der Waals surface area contributed by atoms with E-state index in [1.54, 1.807) is 6.92 Å². The van der Waals surface area contributed by atoms with Gasteiger partial charge in [-0.25, -0.2) is 0 Å². The van der Waals surface area contributed by atoms with Crippen LogP contribution in [-0.4, -0.2) is 20.9 Å². The lowest BCUT2D eigenvalue weighted by molar-refractivity contribution is -0.115. The summed E-state index contributed by atoms with van der Waals surface area (Å²) < 4.78 is 0. The molecule has 6 heteroatoms. The van der Waals surface area contributed by atoms with E-state index in [1.807, 2.05) is 0 Å². The van der Waals surface area contributed by atoms with Crippen LogP contribution in [0.15, 0.2) is 0 Å². The first kappa shape index (κ1) is 13.0. The van der Waals surface area contributed by atoms with Gasteiger partial charge in [0.2, 0.25) is 11.0 Å². The number of rotatable bonds is 3. The third kappa shape index (κ3) is 3.48. The summed E-state index contributed by atoms with van der Waals surface area (Å²) in [6.07, 6.45) is 6.31. The number of carbonyl (C=O) groups is 1. The van der Waals surface area contributed by atoms with E-state index in [0.29, 0.717) is 11.0 Å². The number of nitrogens with one attached hydrogen (secondary N) is 1. The van der Waals surface area contributed by atoms with E-state index in [-0.39, 0.29) is 10.7 Å². The molecule has 1 atom stereocenters. The summed E-state index contributed by atoms with van der Waals surface area (Å²) in [7, 11) is 0. The molecule has 0 aromatic carbocycles. The van der Waals surface area contributed by atoms with Crippen molar-refractivity contribution in [1.82, 2.24) is 10.2 Å². The number of nitrogens with zero attached hydrogens (tertiary/aromatic N) is 2. The zero-order valence-corrected chi connectivity index (χ0v) is 12.2. The highest BCUT2D eigenvalue weighted by Crippen LogP contribution is 2.35. The number of amides is 1. The number of aromatic nitrogens is 2. The van der Waals surface area contributed by atoms with Crippen LogP contribution in [0.25, 0.3) is 0 Å². The average Bonchev–Trinajstić information content (AvgIpc) is 2.78. The van der Waals surface area contributed by atoms with Crippen molar-refractivity contribution in [1.29, 1.82) is 0 Å². The van der Waals surface area contributed by atoms with Gasteiger partial charge in [0.15, 0.2) is 0 Å². The highest BCUT2D eigenvalue weighted by atomic mass is 79.9. The summed E-state index contributed by atoms with van der Waals surface area (Å²) in [4.78, 5) is 11.3. The van der Waals surface area contributed by atoms with Crippen LogP contribution in [0.1, 0.15) is 50.0 Å². The third-order valence-corrected chi connectivity index (χ3v) is 4.40. The normalized spacial score (nSPS) is 18.9. The first-order valence-corrected chi connectivity index (χ1v) is 7.68. The van der Waals surface area contributed by atoms with Crippen LogP contribution in [0.4, 0.5) is 5.13 Å². The molecule has 94 valence electrons. The van der Waals surface area contributed by atoms with Gasteiger partial charge in [0, 0.05) is 5.92 Å². The predicted molar refractivity (Wildman–Crippen MR) is 72.8 cm³/mol. The minimum Gasteiger partial charge on any atom is -0.300 e. The topological polar surface area (TPSA) is 54.9 Å². The molecule has 1 N–H and O–H groups in total. The molecule has 1 unspecified atom stereocenters. The summed E-state index contributed by atoms with van der Waals surface area (Å²) in [5, 5.41) is 12.7. The molecule has 1 heterocycles. The van der Waals surface area contributed by atoms with Crippen LogP contribution in [0.3, 0.4) is 0 Å². The Bertz CT molecular complexity index is 388. The smallest absolute Gasteiger partial charge is 0.239 e. The standard InChI is InChI=1S/C11H16BrN3OS/c1-7(12)9(16)13-11-15-14-10(17-11)8-5-3-2-4-6-8/h7-8H,2-6H2,1H3,(H,13,15,16). The molecule has 0 bridgehead atoms. The fourth-order valence-corrected chi connectivity index (χ4v) is 3.03. The molecular formula is C11H16BrN3OS. The van der Waals surface area contributed by atoms with E-state index in [4.69, 9.17) is 0 Å². The van der Waals surface area contributed by atoms with Gasteiger partial charge in [-0.3, -0.25) is 10.1 Å². The Kier molecular flexibility index (Phi) is 4.50. The SMILES string of the molecule is CC(Br)C(=O)Nc1nnc(C2CCCCC2)s1. The number of anilines is 1. The average molecular weight is 318 g/mol. The molecule has 0 saturated heterocycles. The Hall–Kier alpha value is -0.490. The Morgan fingerprint density at radius 1 is 1.41 bits per heavy atom. The van der Waals surface area contributed by atoms with Crippen LogP contribution in [0.2, 0.25) is 0 Å². The summed E-state index contributed by atoms with van der Waals surface area (Å²) in [5.74, 6) is 0.477. The highest BCUT2D eigenvalue weighted by molar-refractivity contribution is 9.10. The molecule has 4 nitrogen and oxygen atoms in total. The number of halogens is 1. The number of hydrogen-bond acceptors (Lipinski definition) is 4. The Balaban J connectivity index is 1.97. The molecule has 1 fully saturated rings. The van der Waals surface area contributed by atoms with Gasteiger partial charge < -0.3 is 0 Å². The fraction of sp³-hybridized carbons (Fsp3) is 0.727. The van der Waals surface area contributed by atoms with Crippen LogP contribution in [0, 0.1) is 0 Å². The molecule has 0 radical (unpaired) electrons. The number of alkyl halides is 1. The number of hydrogen-bond donors (Lipinski definition) is 1. The molecule has 1 amide bonds. The molecule has 1 saturated carbocycles. The van der Waals surface area contributed by atoms with Crippen molar-refractivity contribution in [2.45, 2.75) is 49.8 Å². The van der Waals surface area contributed by atoms with Gasteiger partial charge in [0.1, 0.15) is 5.01 Å². The van der Waals surface area contributed by atoms with Crippen molar-refractivity contribution in [2.75, 3.05) is 5.32 Å². The lowest BCUT2D eigenvalue weighted by Gasteiger charge is -2.18. The molecule has 0 spiro atoms. The van der Waals surface area contributed by atoms with Gasteiger partial charge in [-0.1, -0.05) is 46.5 Å². The van der Waals surface area contributed by atoms with Crippen molar-refractivity contribution in [3.05, 3.63) is 5.01 Å². The van der Waals surface area contributed by atoms with E-state index in [9.17, 15) is 4.79 Å². The van der Waals surface area contributed by atoms with E-state index in [1.165, 1.54) is 43.4 Å².